The van der Waals surface area contributed by atoms with Gasteiger partial charge in [0.05, 0.1) is 6.20 Å². The van der Waals surface area contributed by atoms with Gasteiger partial charge in [-0.2, -0.15) is 9.40 Å². The summed E-state index contributed by atoms with van der Waals surface area (Å²) in [5.74, 6) is 0. The summed E-state index contributed by atoms with van der Waals surface area (Å²) in [6.45, 7) is 0.321. The van der Waals surface area contributed by atoms with E-state index in [0.717, 1.165) is 11.3 Å². The molecule has 0 bridgehead atoms. The largest absolute Gasteiger partial charge is 0.378 e. The van der Waals surface area contributed by atoms with Gasteiger partial charge in [-0.25, -0.2) is 8.42 Å². The fraction of sp³-hybridized carbons (Fsp3) is 0.308. The van der Waals surface area contributed by atoms with Gasteiger partial charge < -0.3 is 4.90 Å². The van der Waals surface area contributed by atoms with Gasteiger partial charge >= 0.3 is 0 Å². The number of hydrogen-bond donors (Lipinski definition) is 1. The Balaban J connectivity index is 2.14. The second kappa shape index (κ2) is 5.64. The summed E-state index contributed by atoms with van der Waals surface area (Å²) in [6.07, 6.45) is 2.68. The molecule has 0 saturated heterocycles. The third kappa shape index (κ3) is 3.00. The van der Waals surface area contributed by atoms with Gasteiger partial charge in [0.25, 0.3) is 0 Å². The average molecular weight is 294 g/mol. The van der Waals surface area contributed by atoms with Crippen molar-refractivity contribution in [2.75, 3.05) is 26.0 Å². The van der Waals surface area contributed by atoms with Crippen molar-refractivity contribution in [3.63, 3.8) is 0 Å². The highest BCUT2D eigenvalue weighted by molar-refractivity contribution is 7.89. The molecular formula is C13H18N4O2S. The van der Waals surface area contributed by atoms with Gasteiger partial charge in [0.15, 0.2) is 0 Å². The van der Waals surface area contributed by atoms with Gasteiger partial charge in [-0.15, -0.1) is 0 Å². The number of aromatic nitrogens is 2. The number of H-pyrrole nitrogens is 1. The minimum atomic E-state index is -3.49. The van der Waals surface area contributed by atoms with Crippen LogP contribution in [0.15, 0.2) is 41.6 Å². The molecule has 2 aromatic rings. The Hall–Kier alpha value is -1.86. The maximum atomic E-state index is 12.2. The predicted octanol–water partition coefficient (Wildman–Crippen LogP) is 1.30. The first kappa shape index (κ1) is 14.5. The van der Waals surface area contributed by atoms with E-state index in [1.54, 1.807) is 7.05 Å². The predicted molar refractivity (Wildman–Crippen MR) is 78.0 cm³/mol. The van der Waals surface area contributed by atoms with Crippen LogP contribution in [-0.2, 0) is 16.6 Å². The maximum absolute atomic E-state index is 12.2. The monoisotopic (exact) mass is 294 g/mol. The van der Waals surface area contributed by atoms with E-state index in [1.807, 2.05) is 43.3 Å². The van der Waals surface area contributed by atoms with Crippen LogP contribution in [0.1, 0.15) is 5.56 Å². The SMILES string of the molecule is CN(C)c1ccc(CN(C)S(=O)(=O)c2cn[nH]c2)cc1. The Morgan fingerprint density at radius 2 is 1.80 bits per heavy atom. The standard InChI is InChI=1S/C13H18N4O2S/c1-16(2)12-6-4-11(5-7-12)10-17(3)20(18,19)13-8-14-15-9-13/h4-9H,10H2,1-3H3,(H,14,15). The molecule has 7 heteroatoms. The normalized spacial score (nSPS) is 11.8. The van der Waals surface area contributed by atoms with Crippen LogP contribution < -0.4 is 4.90 Å². The van der Waals surface area contributed by atoms with Crippen LogP contribution in [0.2, 0.25) is 0 Å². The lowest BCUT2D eigenvalue weighted by Crippen LogP contribution is -2.26. The van der Waals surface area contributed by atoms with Crippen molar-refractivity contribution in [1.82, 2.24) is 14.5 Å². The molecule has 20 heavy (non-hydrogen) atoms. The van der Waals surface area contributed by atoms with Crippen LogP contribution in [0, 0.1) is 0 Å². The number of anilines is 1. The van der Waals surface area contributed by atoms with Crippen molar-refractivity contribution >= 4 is 15.7 Å². The summed E-state index contributed by atoms with van der Waals surface area (Å²) in [4.78, 5) is 2.17. The Bertz CT molecular complexity index is 648. The van der Waals surface area contributed by atoms with Crippen LogP contribution in [0.25, 0.3) is 0 Å². The number of benzene rings is 1. The second-order valence-corrected chi connectivity index (χ2v) is 6.80. The molecule has 0 unspecified atom stereocenters. The number of aromatic amines is 1. The van der Waals surface area contributed by atoms with Crippen molar-refractivity contribution in [2.45, 2.75) is 11.4 Å². The van der Waals surface area contributed by atoms with Gasteiger partial charge in [-0.3, -0.25) is 5.10 Å². The molecule has 1 aromatic carbocycles. The van der Waals surface area contributed by atoms with E-state index in [-0.39, 0.29) is 4.90 Å². The lowest BCUT2D eigenvalue weighted by molar-refractivity contribution is 0.467. The third-order valence-corrected chi connectivity index (χ3v) is 4.81. The molecule has 0 spiro atoms. The summed E-state index contributed by atoms with van der Waals surface area (Å²) >= 11 is 0. The van der Waals surface area contributed by atoms with Gasteiger partial charge in [0.2, 0.25) is 10.0 Å². The Labute approximate surface area is 119 Å². The molecular weight excluding hydrogens is 276 g/mol. The molecule has 0 radical (unpaired) electrons. The van der Waals surface area contributed by atoms with Gasteiger partial charge in [-0.1, -0.05) is 12.1 Å². The summed E-state index contributed by atoms with van der Waals surface area (Å²) in [7, 11) is 1.99. The zero-order chi connectivity index (χ0) is 14.8. The third-order valence-electron chi connectivity index (χ3n) is 3.04. The van der Waals surface area contributed by atoms with Gasteiger partial charge in [0.1, 0.15) is 4.90 Å². The molecule has 0 amide bonds. The second-order valence-electron chi connectivity index (χ2n) is 4.76. The van der Waals surface area contributed by atoms with Crippen molar-refractivity contribution in [3.05, 3.63) is 42.2 Å². The molecule has 0 fully saturated rings. The van der Waals surface area contributed by atoms with E-state index in [9.17, 15) is 8.42 Å². The smallest absolute Gasteiger partial charge is 0.246 e. The number of sulfonamides is 1. The van der Waals surface area contributed by atoms with E-state index in [1.165, 1.54) is 16.7 Å². The molecule has 0 aliphatic rings. The first-order chi connectivity index (χ1) is 9.41. The van der Waals surface area contributed by atoms with E-state index in [4.69, 9.17) is 0 Å². The van der Waals surface area contributed by atoms with E-state index < -0.39 is 10.0 Å². The average Bonchev–Trinajstić information content (AvgIpc) is 2.93. The Morgan fingerprint density at radius 1 is 1.15 bits per heavy atom. The minimum Gasteiger partial charge on any atom is -0.378 e. The zero-order valence-electron chi connectivity index (χ0n) is 11.7. The molecule has 108 valence electrons. The lowest BCUT2D eigenvalue weighted by Gasteiger charge is -2.17. The number of rotatable bonds is 5. The molecule has 6 nitrogen and oxygen atoms in total. The topological polar surface area (TPSA) is 69.3 Å². The summed E-state index contributed by atoms with van der Waals surface area (Å²) in [5, 5.41) is 6.19. The van der Waals surface area contributed by atoms with Crippen LogP contribution >= 0.6 is 0 Å². The molecule has 1 aromatic heterocycles. The fourth-order valence-electron chi connectivity index (χ4n) is 1.80. The van der Waals surface area contributed by atoms with E-state index in [2.05, 4.69) is 10.2 Å². The summed E-state index contributed by atoms with van der Waals surface area (Å²) in [6, 6.07) is 7.79. The summed E-state index contributed by atoms with van der Waals surface area (Å²) in [5.41, 5.74) is 2.01. The first-order valence-corrected chi connectivity index (χ1v) is 7.56. The van der Waals surface area contributed by atoms with E-state index >= 15 is 0 Å². The fourth-order valence-corrected chi connectivity index (χ4v) is 2.87. The zero-order valence-corrected chi connectivity index (χ0v) is 12.6. The Kier molecular flexibility index (Phi) is 4.10. The number of nitrogens with zero attached hydrogens (tertiary/aromatic N) is 3. The molecule has 0 atom stereocenters. The molecule has 0 saturated carbocycles. The molecule has 0 aliphatic carbocycles. The maximum Gasteiger partial charge on any atom is 0.246 e. The van der Waals surface area contributed by atoms with E-state index in [0.29, 0.717) is 6.54 Å². The molecule has 1 N–H and O–H groups in total. The van der Waals surface area contributed by atoms with Crippen molar-refractivity contribution in [1.29, 1.82) is 0 Å². The van der Waals surface area contributed by atoms with Crippen molar-refractivity contribution < 1.29 is 8.42 Å². The molecule has 0 aliphatic heterocycles. The van der Waals surface area contributed by atoms with Crippen LogP contribution in [0.5, 0.6) is 0 Å². The van der Waals surface area contributed by atoms with Gasteiger partial charge in [-0.05, 0) is 17.7 Å². The van der Waals surface area contributed by atoms with Crippen LogP contribution in [-0.4, -0.2) is 44.1 Å². The number of hydrogen-bond acceptors (Lipinski definition) is 4. The minimum absolute atomic E-state index is 0.171. The Morgan fingerprint density at radius 3 is 2.30 bits per heavy atom. The van der Waals surface area contributed by atoms with Gasteiger partial charge in [0, 0.05) is 39.6 Å². The number of nitrogens with one attached hydrogen (secondary N) is 1. The summed E-state index contributed by atoms with van der Waals surface area (Å²) < 4.78 is 25.8. The van der Waals surface area contributed by atoms with Crippen molar-refractivity contribution in [3.8, 4) is 0 Å². The quantitative estimate of drug-likeness (QED) is 0.902. The first-order valence-electron chi connectivity index (χ1n) is 6.12. The van der Waals surface area contributed by atoms with Crippen LogP contribution in [0.3, 0.4) is 0 Å². The highest BCUT2D eigenvalue weighted by Gasteiger charge is 2.21. The highest BCUT2D eigenvalue weighted by Crippen LogP contribution is 2.17. The lowest BCUT2D eigenvalue weighted by atomic mass is 10.2. The highest BCUT2D eigenvalue weighted by atomic mass is 32.2. The van der Waals surface area contributed by atoms with Crippen molar-refractivity contribution in [2.24, 2.45) is 0 Å². The molecule has 1 heterocycles. The molecule has 2 rings (SSSR count). The van der Waals surface area contributed by atoms with Crippen LogP contribution in [0.4, 0.5) is 5.69 Å².